The number of rotatable bonds is 5. The minimum Gasteiger partial charge on any atom is -0.484 e. The number of hydrogen-bond donors (Lipinski definition) is 0. The van der Waals surface area contributed by atoms with E-state index >= 15 is 0 Å². The molecule has 4 nitrogen and oxygen atoms in total. The van der Waals surface area contributed by atoms with Gasteiger partial charge in [0, 0.05) is 13.1 Å². The van der Waals surface area contributed by atoms with Gasteiger partial charge in [0.05, 0.1) is 26.8 Å². The number of benzene rings is 2. The average molecular weight is 381 g/mol. The number of fused-ring (bicyclic) bond motifs is 1. The van der Waals surface area contributed by atoms with Crippen LogP contribution in [0.2, 0.25) is 10.0 Å². The Morgan fingerprint density at radius 2 is 2.00 bits per heavy atom. The number of ether oxygens (including phenoxy) is 1. The topological polar surface area (TPSA) is 42.4 Å². The number of aromatic nitrogens is 1. The molecule has 2 aromatic carbocycles. The van der Waals surface area contributed by atoms with E-state index in [1.165, 1.54) is 0 Å². The lowest BCUT2D eigenvalue weighted by Crippen LogP contribution is -2.30. The number of amides is 1. The Hall–Kier alpha value is -1.82. The molecule has 1 heterocycles. The Morgan fingerprint density at radius 1 is 1.21 bits per heavy atom. The van der Waals surface area contributed by atoms with Crippen molar-refractivity contribution in [3.63, 3.8) is 0 Å². The minimum absolute atomic E-state index is 0.0701. The van der Waals surface area contributed by atoms with Crippen molar-refractivity contribution in [1.29, 1.82) is 0 Å². The number of likely N-dealkylation sites (N-methyl/N-ethyl adjacent to an activating group) is 1. The Kier molecular flexibility index (Phi) is 5.23. The second-order valence-corrected chi connectivity index (χ2v) is 7.12. The Bertz CT molecular complexity index is 849. The van der Waals surface area contributed by atoms with E-state index in [2.05, 4.69) is 4.98 Å². The summed E-state index contributed by atoms with van der Waals surface area (Å²) in [4.78, 5) is 18.3. The van der Waals surface area contributed by atoms with Crippen LogP contribution in [0.25, 0.3) is 10.2 Å². The molecule has 0 saturated carbocycles. The van der Waals surface area contributed by atoms with Crippen LogP contribution in [0.1, 0.15) is 5.01 Å². The van der Waals surface area contributed by atoms with E-state index in [4.69, 9.17) is 27.9 Å². The monoisotopic (exact) mass is 380 g/mol. The molecule has 124 valence electrons. The molecule has 1 amide bonds. The summed E-state index contributed by atoms with van der Waals surface area (Å²) in [6, 6.07) is 12.8. The minimum atomic E-state index is -0.139. The maximum absolute atomic E-state index is 12.2. The second kappa shape index (κ2) is 7.38. The van der Waals surface area contributed by atoms with Gasteiger partial charge in [0.15, 0.2) is 6.61 Å². The average Bonchev–Trinajstić information content (AvgIpc) is 2.97. The maximum atomic E-state index is 12.2. The van der Waals surface area contributed by atoms with Crippen molar-refractivity contribution in [3.8, 4) is 5.75 Å². The van der Waals surface area contributed by atoms with E-state index in [1.54, 1.807) is 41.5 Å². The number of halogens is 2. The third-order valence-electron chi connectivity index (χ3n) is 3.39. The standard InChI is InChI=1S/C17H14Cl2N2O2S/c1-21(9-16-20-14-4-2-3-5-15(14)24-16)17(22)10-23-11-6-7-12(18)13(19)8-11/h2-8H,9-10H2,1H3. The number of thiazole rings is 1. The fraction of sp³-hybridized carbons (Fsp3) is 0.176. The largest absolute Gasteiger partial charge is 0.484 e. The summed E-state index contributed by atoms with van der Waals surface area (Å²) in [6.07, 6.45) is 0. The van der Waals surface area contributed by atoms with Crippen molar-refractivity contribution >= 4 is 50.7 Å². The van der Waals surface area contributed by atoms with Crippen molar-refractivity contribution in [2.45, 2.75) is 6.54 Å². The number of para-hydroxylation sites is 1. The zero-order valence-corrected chi connectivity index (χ0v) is 15.2. The first-order valence-electron chi connectivity index (χ1n) is 7.19. The van der Waals surface area contributed by atoms with Crippen molar-refractivity contribution in [1.82, 2.24) is 9.88 Å². The van der Waals surface area contributed by atoms with Crippen molar-refractivity contribution in [2.75, 3.05) is 13.7 Å². The van der Waals surface area contributed by atoms with Gasteiger partial charge in [0.1, 0.15) is 10.8 Å². The van der Waals surface area contributed by atoms with Crippen molar-refractivity contribution in [2.24, 2.45) is 0 Å². The predicted molar refractivity (Wildman–Crippen MR) is 98.1 cm³/mol. The van der Waals surface area contributed by atoms with E-state index in [0.29, 0.717) is 22.3 Å². The summed E-state index contributed by atoms with van der Waals surface area (Å²) in [7, 11) is 1.73. The predicted octanol–water partition coefficient (Wildman–Crippen LogP) is 4.64. The third-order valence-corrected chi connectivity index (χ3v) is 5.15. The van der Waals surface area contributed by atoms with Gasteiger partial charge >= 0.3 is 0 Å². The molecule has 0 fully saturated rings. The lowest BCUT2D eigenvalue weighted by Gasteiger charge is -2.16. The van der Waals surface area contributed by atoms with E-state index in [0.717, 1.165) is 15.2 Å². The first-order chi connectivity index (χ1) is 11.5. The third kappa shape index (κ3) is 3.98. The molecule has 3 rings (SSSR count). The molecule has 0 aliphatic rings. The van der Waals surface area contributed by atoms with Crippen LogP contribution >= 0.6 is 34.5 Å². The van der Waals surface area contributed by atoms with Crippen molar-refractivity contribution < 1.29 is 9.53 Å². The first kappa shape index (κ1) is 17.0. The quantitative estimate of drug-likeness (QED) is 0.647. The molecule has 0 N–H and O–H groups in total. The summed E-state index contributed by atoms with van der Waals surface area (Å²) in [5.74, 6) is 0.367. The second-order valence-electron chi connectivity index (χ2n) is 5.19. The van der Waals surface area contributed by atoms with Crippen LogP contribution in [-0.2, 0) is 11.3 Å². The summed E-state index contributed by atoms with van der Waals surface area (Å²) in [5.41, 5.74) is 0.949. The van der Waals surface area contributed by atoms with Crippen LogP contribution in [0, 0.1) is 0 Å². The summed E-state index contributed by atoms with van der Waals surface area (Å²) in [6.45, 7) is 0.377. The van der Waals surface area contributed by atoms with Crippen LogP contribution in [0.4, 0.5) is 0 Å². The van der Waals surface area contributed by atoms with Gasteiger partial charge in [-0.3, -0.25) is 4.79 Å². The van der Waals surface area contributed by atoms with Gasteiger partial charge in [-0.15, -0.1) is 11.3 Å². The summed E-state index contributed by atoms with van der Waals surface area (Å²) in [5, 5.41) is 1.73. The molecule has 1 aromatic heterocycles. The van der Waals surface area contributed by atoms with Crippen molar-refractivity contribution in [3.05, 3.63) is 57.5 Å². The van der Waals surface area contributed by atoms with Crippen LogP contribution in [-0.4, -0.2) is 29.4 Å². The van der Waals surface area contributed by atoms with Crippen LogP contribution in [0.5, 0.6) is 5.75 Å². The molecule has 0 aliphatic carbocycles. The lowest BCUT2D eigenvalue weighted by molar-refractivity contribution is -0.132. The maximum Gasteiger partial charge on any atom is 0.260 e. The number of carbonyl (C=O) groups is 1. The zero-order valence-electron chi connectivity index (χ0n) is 12.8. The first-order valence-corrected chi connectivity index (χ1v) is 8.76. The Morgan fingerprint density at radius 3 is 2.75 bits per heavy atom. The normalized spacial score (nSPS) is 10.8. The summed E-state index contributed by atoms with van der Waals surface area (Å²) < 4.78 is 6.58. The van der Waals surface area contributed by atoms with Gasteiger partial charge in [-0.1, -0.05) is 35.3 Å². The Labute approximate surface area is 153 Å². The Balaban J connectivity index is 1.58. The highest BCUT2D eigenvalue weighted by Crippen LogP contribution is 2.26. The molecule has 7 heteroatoms. The van der Waals surface area contributed by atoms with Gasteiger partial charge in [0.25, 0.3) is 5.91 Å². The molecule has 0 unspecified atom stereocenters. The number of hydrogen-bond acceptors (Lipinski definition) is 4. The highest BCUT2D eigenvalue weighted by Gasteiger charge is 2.13. The molecular formula is C17H14Cl2N2O2S. The van der Waals surface area contributed by atoms with Gasteiger partial charge in [0.2, 0.25) is 0 Å². The summed E-state index contributed by atoms with van der Waals surface area (Å²) >= 11 is 13.4. The van der Waals surface area contributed by atoms with Crippen LogP contribution < -0.4 is 4.74 Å². The molecule has 0 spiro atoms. The lowest BCUT2D eigenvalue weighted by atomic mass is 10.3. The molecule has 0 aliphatic heterocycles. The van der Waals surface area contributed by atoms with Crippen LogP contribution in [0.3, 0.4) is 0 Å². The highest BCUT2D eigenvalue weighted by atomic mass is 35.5. The zero-order chi connectivity index (χ0) is 17.1. The molecule has 3 aromatic rings. The van der Waals surface area contributed by atoms with Crippen LogP contribution in [0.15, 0.2) is 42.5 Å². The smallest absolute Gasteiger partial charge is 0.260 e. The molecule has 0 bridgehead atoms. The molecule has 0 saturated heterocycles. The number of nitrogens with zero attached hydrogens (tertiary/aromatic N) is 2. The van der Waals surface area contributed by atoms with E-state index in [-0.39, 0.29) is 12.5 Å². The molecule has 0 radical (unpaired) electrons. The van der Waals surface area contributed by atoms with E-state index in [1.807, 2.05) is 24.3 Å². The van der Waals surface area contributed by atoms with Gasteiger partial charge in [-0.25, -0.2) is 4.98 Å². The van der Waals surface area contributed by atoms with Gasteiger partial charge < -0.3 is 9.64 Å². The van der Waals surface area contributed by atoms with Gasteiger partial charge in [-0.2, -0.15) is 0 Å². The number of carbonyl (C=O) groups excluding carboxylic acids is 1. The fourth-order valence-corrected chi connectivity index (χ4v) is 3.41. The van der Waals surface area contributed by atoms with E-state index in [9.17, 15) is 4.79 Å². The van der Waals surface area contributed by atoms with Gasteiger partial charge in [-0.05, 0) is 24.3 Å². The highest BCUT2D eigenvalue weighted by molar-refractivity contribution is 7.18. The molecule has 24 heavy (non-hydrogen) atoms. The van der Waals surface area contributed by atoms with E-state index < -0.39 is 0 Å². The molecular weight excluding hydrogens is 367 g/mol. The fourth-order valence-electron chi connectivity index (χ4n) is 2.10. The SMILES string of the molecule is CN(Cc1nc2ccccc2s1)C(=O)COc1ccc(Cl)c(Cl)c1. The molecule has 0 atom stereocenters.